The fraction of sp³-hybridized carbons (Fsp3) is 0.250. The van der Waals surface area contributed by atoms with E-state index in [1.54, 1.807) is 22.4 Å². The number of thioether (sulfide) groups is 1. The van der Waals surface area contributed by atoms with Gasteiger partial charge in [-0.15, -0.1) is 21.5 Å². The summed E-state index contributed by atoms with van der Waals surface area (Å²) in [6, 6.07) is 14.3. The number of hydrogen-bond donors (Lipinski definition) is 0. The van der Waals surface area contributed by atoms with Gasteiger partial charge in [0, 0.05) is 36.6 Å². The normalized spacial score (nSPS) is 13.9. The Hall–Kier alpha value is -2.95. The molecule has 1 saturated heterocycles. The molecular weight excluding hydrogens is 507 g/mol. The minimum Gasteiger partial charge on any atom is -0.366 e. The summed E-state index contributed by atoms with van der Waals surface area (Å²) in [5.74, 6) is 0.996. The van der Waals surface area contributed by atoms with Crippen molar-refractivity contribution in [2.75, 3.05) is 31.1 Å². The Balaban J connectivity index is 1.21. The number of thiazole rings is 1. The van der Waals surface area contributed by atoms with Crippen molar-refractivity contribution in [2.45, 2.75) is 17.8 Å². The zero-order valence-electron chi connectivity index (χ0n) is 18.9. The Morgan fingerprint density at radius 1 is 1.11 bits per heavy atom. The average molecular weight is 529 g/mol. The number of benzene rings is 2. The van der Waals surface area contributed by atoms with E-state index in [0.29, 0.717) is 48.3 Å². The predicted molar refractivity (Wildman–Crippen MR) is 137 cm³/mol. The zero-order valence-corrected chi connectivity index (χ0v) is 21.3. The molecule has 180 valence electrons. The second-order valence-electron chi connectivity index (χ2n) is 7.99. The molecule has 2 aromatic carbocycles. The number of carbonyl (C=O) groups excluding carboxylic acids is 1. The number of carbonyl (C=O) groups is 1. The van der Waals surface area contributed by atoms with Crippen molar-refractivity contribution in [3.8, 4) is 5.69 Å². The molecular formula is C24H22ClFN6OS2. The van der Waals surface area contributed by atoms with E-state index in [1.165, 1.54) is 29.2 Å². The first-order valence-corrected chi connectivity index (χ1v) is 13.3. The Bertz CT molecular complexity index is 1350. The first kappa shape index (κ1) is 23.8. The summed E-state index contributed by atoms with van der Waals surface area (Å²) in [5, 5.41) is 12.5. The predicted octanol–water partition coefficient (Wildman–Crippen LogP) is 5.08. The van der Waals surface area contributed by atoms with Crippen LogP contribution in [0.5, 0.6) is 0 Å². The number of aryl methyl sites for hydroxylation is 1. The van der Waals surface area contributed by atoms with E-state index in [4.69, 9.17) is 11.6 Å². The van der Waals surface area contributed by atoms with E-state index in [9.17, 15) is 9.18 Å². The van der Waals surface area contributed by atoms with Gasteiger partial charge in [-0.3, -0.25) is 9.36 Å². The number of piperazine rings is 1. The van der Waals surface area contributed by atoms with Gasteiger partial charge in [0.15, 0.2) is 5.16 Å². The summed E-state index contributed by atoms with van der Waals surface area (Å²) in [4.78, 5) is 21.3. The van der Waals surface area contributed by atoms with Crippen molar-refractivity contribution >= 4 is 46.3 Å². The second-order valence-corrected chi connectivity index (χ2v) is 10.3. The number of nitrogens with zero attached hydrogens (tertiary/aromatic N) is 6. The maximum Gasteiger partial charge on any atom is 0.273 e. The molecule has 1 aliphatic heterocycles. The molecule has 1 aliphatic rings. The SMILES string of the molecule is Cc1nnc(SCc2nc(C(=O)N3CCN(c4ccccc4F)CC3)cs2)n1-c1cccc(Cl)c1. The summed E-state index contributed by atoms with van der Waals surface area (Å²) in [6.45, 7) is 4.10. The molecule has 4 aromatic rings. The Kier molecular flexibility index (Phi) is 7.03. The second kappa shape index (κ2) is 10.3. The van der Waals surface area contributed by atoms with Gasteiger partial charge in [0.25, 0.3) is 5.91 Å². The van der Waals surface area contributed by atoms with Crippen molar-refractivity contribution in [3.63, 3.8) is 0 Å². The highest BCUT2D eigenvalue weighted by atomic mass is 35.5. The molecule has 35 heavy (non-hydrogen) atoms. The molecule has 0 N–H and O–H groups in total. The van der Waals surface area contributed by atoms with Crippen molar-refractivity contribution in [1.82, 2.24) is 24.6 Å². The van der Waals surface area contributed by atoms with Gasteiger partial charge >= 0.3 is 0 Å². The molecule has 0 spiro atoms. The van der Waals surface area contributed by atoms with Gasteiger partial charge in [0.05, 0.1) is 17.1 Å². The number of rotatable bonds is 6. The first-order chi connectivity index (χ1) is 17.0. The molecule has 11 heteroatoms. The molecule has 2 aromatic heterocycles. The molecule has 0 radical (unpaired) electrons. The van der Waals surface area contributed by atoms with E-state index in [0.717, 1.165) is 21.7 Å². The maximum atomic E-state index is 14.1. The lowest BCUT2D eigenvalue weighted by Gasteiger charge is -2.35. The van der Waals surface area contributed by atoms with Crippen molar-refractivity contribution < 1.29 is 9.18 Å². The highest BCUT2D eigenvalue weighted by Crippen LogP contribution is 2.28. The number of para-hydroxylation sites is 1. The number of amides is 1. The fourth-order valence-electron chi connectivity index (χ4n) is 3.97. The quantitative estimate of drug-likeness (QED) is 0.325. The molecule has 5 rings (SSSR count). The standard InChI is InChI=1S/C24H22ClFN6OS2/c1-16-28-29-24(32(16)18-6-4-5-17(25)13-18)35-15-22-27-20(14-34-22)23(33)31-11-9-30(10-12-31)21-8-3-2-7-19(21)26/h2-8,13-14H,9-12,15H2,1H3. The number of hydrogen-bond acceptors (Lipinski definition) is 7. The highest BCUT2D eigenvalue weighted by Gasteiger charge is 2.25. The van der Waals surface area contributed by atoms with Crippen LogP contribution in [0.1, 0.15) is 21.3 Å². The Morgan fingerprint density at radius 3 is 2.69 bits per heavy atom. The van der Waals surface area contributed by atoms with E-state index >= 15 is 0 Å². The summed E-state index contributed by atoms with van der Waals surface area (Å²) < 4.78 is 16.0. The largest absolute Gasteiger partial charge is 0.366 e. The molecule has 0 saturated carbocycles. The molecule has 0 atom stereocenters. The smallest absolute Gasteiger partial charge is 0.273 e. The summed E-state index contributed by atoms with van der Waals surface area (Å²) in [5.41, 5.74) is 1.91. The lowest BCUT2D eigenvalue weighted by atomic mass is 10.2. The summed E-state index contributed by atoms with van der Waals surface area (Å²) in [6.07, 6.45) is 0. The van der Waals surface area contributed by atoms with Crippen molar-refractivity contribution in [1.29, 1.82) is 0 Å². The van der Waals surface area contributed by atoms with Crippen LogP contribution in [0.25, 0.3) is 5.69 Å². The molecule has 7 nitrogen and oxygen atoms in total. The van der Waals surface area contributed by atoms with E-state index < -0.39 is 0 Å². The maximum absolute atomic E-state index is 14.1. The number of aromatic nitrogens is 4. The summed E-state index contributed by atoms with van der Waals surface area (Å²) in [7, 11) is 0. The first-order valence-electron chi connectivity index (χ1n) is 11.0. The number of anilines is 1. The average Bonchev–Trinajstić information content (AvgIpc) is 3.49. The molecule has 0 bridgehead atoms. The summed E-state index contributed by atoms with van der Waals surface area (Å²) >= 11 is 9.12. The van der Waals surface area contributed by atoms with Crippen LogP contribution in [0.4, 0.5) is 10.1 Å². The Labute approximate surface area is 215 Å². The zero-order chi connectivity index (χ0) is 24.4. The van der Waals surface area contributed by atoms with Gasteiger partial charge in [0.1, 0.15) is 22.3 Å². The van der Waals surface area contributed by atoms with Crippen LogP contribution in [0.3, 0.4) is 0 Å². The molecule has 3 heterocycles. The van der Waals surface area contributed by atoms with Gasteiger partial charge in [0.2, 0.25) is 0 Å². The van der Waals surface area contributed by atoms with E-state index in [1.807, 2.05) is 46.7 Å². The molecule has 0 unspecified atom stereocenters. The third-order valence-electron chi connectivity index (χ3n) is 5.72. The van der Waals surface area contributed by atoms with E-state index in [2.05, 4.69) is 15.2 Å². The van der Waals surface area contributed by atoms with Crippen molar-refractivity contribution in [3.05, 3.63) is 81.3 Å². The highest BCUT2D eigenvalue weighted by molar-refractivity contribution is 7.98. The third-order valence-corrected chi connectivity index (χ3v) is 7.92. The van der Waals surface area contributed by atoms with Gasteiger partial charge in [-0.05, 0) is 37.3 Å². The van der Waals surface area contributed by atoms with Crippen LogP contribution in [0.2, 0.25) is 5.02 Å². The van der Waals surface area contributed by atoms with E-state index in [-0.39, 0.29) is 11.7 Å². The minimum absolute atomic E-state index is 0.0939. The Morgan fingerprint density at radius 2 is 1.91 bits per heavy atom. The van der Waals surface area contributed by atoms with Gasteiger partial charge in [-0.2, -0.15) is 0 Å². The van der Waals surface area contributed by atoms with Crippen LogP contribution >= 0.6 is 34.7 Å². The third kappa shape index (κ3) is 5.19. The van der Waals surface area contributed by atoms with Gasteiger partial charge < -0.3 is 9.80 Å². The van der Waals surface area contributed by atoms with Crippen molar-refractivity contribution in [2.24, 2.45) is 0 Å². The van der Waals surface area contributed by atoms with Gasteiger partial charge in [-0.25, -0.2) is 9.37 Å². The molecule has 0 aliphatic carbocycles. The van der Waals surface area contributed by atoms with Crippen LogP contribution in [-0.4, -0.2) is 56.7 Å². The lowest BCUT2D eigenvalue weighted by Crippen LogP contribution is -2.49. The number of halogens is 2. The van der Waals surface area contributed by atoms with Crippen LogP contribution in [0, 0.1) is 12.7 Å². The lowest BCUT2D eigenvalue weighted by molar-refractivity contribution is 0.0741. The van der Waals surface area contributed by atoms with Gasteiger partial charge in [-0.1, -0.05) is 41.6 Å². The molecule has 1 amide bonds. The minimum atomic E-state index is -0.240. The van der Waals surface area contributed by atoms with Crippen LogP contribution in [0.15, 0.2) is 59.1 Å². The topological polar surface area (TPSA) is 67.2 Å². The monoisotopic (exact) mass is 528 g/mol. The molecule has 1 fully saturated rings. The van der Waals surface area contributed by atoms with Crippen LogP contribution in [-0.2, 0) is 5.75 Å². The fourth-order valence-corrected chi connectivity index (χ4v) is 5.94. The van der Waals surface area contributed by atoms with Crippen LogP contribution < -0.4 is 4.90 Å².